The quantitative estimate of drug-likeness (QED) is 0.310. The van der Waals surface area contributed by atoms with Crippen LogP contribution < -0.4 is 4.73 Å². The largest absolute Gasteiger partial charge is 0.618 e. The van der Waals surface area contributed by atoms with Gasteiger partial charge in [-0.1, -0.05) is 0 Å². The van der Waals surface area contributed by atoms with E-state index in [-0.39, 0.29) is 0 Å². The molecule has 0 atom stereocenters. The maximum Gasteiger partial charge on any atom is 0.252 e. The Labute approximate surface area is 74.7 Å². The molecule has 1 aromatic rings. The van der Waals surface area contributed by atoms with Gasteiger partial charge >= 0.3 is 0 Å². The van der Waals surface area contributed by atoms with Gasteiger partial charge in [-0.3, -0.25) is 0 Å². The highest BCUT2D eigenvalue weighted by molar-refractivity contribution is 14.1. The lowest BCUT2D eigenvalue weighted by Crippen LogP contribution is -2.29. The average Bonchev–Trinajstić information content (AvgIpc) is 1.80. The highest BCUT2D eigenvalue weighted by Gasteiger charge is 1.97. The minimum absolute atomic E-state index is 0.677. The summed E-state index contributed by atoms with van der Waals surface area (Å²) in [6.07, 6.45) is 1.47. The van der Waals surface area contributed by atoms with Gasteiger partial charge in [-0.25, -0.2) is 0 Å². The van der Waals surface area contributed by atoms with E-state index >= 15 is 0 Å². The van der Waals surface area contributed by atoms with Gasteiger partial charge in [0.2, 0.25) is 0 Å². The van der Waals surface area contributed by atoms with Crippen LogP contribution in [0.4, 0.5) is 0 Å². The molecule has 0 aliphatic rings. The lowest BCUT2D eigenvalue weighted by atomic mass is 10.5. The van der Waals surface area contributed by atoms with Gasteiger partial charge in [0.1, 0.15) is 0 Å². The number of aromatic nitrogens is 1. The van der Waals surface area contributed by atoms with Crippen molar-refractivity contribution in [2.75, 3.05) is 0 Å². The number of hydrogen-bond donors (Lipinski definition) is 0. The third-order valence-electron chi connectivity index (χ3n) is 0.831. The molecule has 0 bridgehead atoms. The molecule has 0 saturated carbocycles. The van der Waals surface area contributed by atoms with Crippen molar-refractivity contribution in [3.05, 3.63) is 31.7 Å². The van der Waals surface area contributed by atoms with Crippen molar-refractivity contribution in [3.8, 4) is 0 Å². The fraction of sp³-hybridized carbons (Fsp3) is 0. The normalized spacial score (nSPS) is 9.56. The van der Waals surface area contributed by atoms with Gasteiger partial charge in [-0.05, 0) is 22.0 Å². The summed E-state index contributed by atoms with van der Waals surface area (Å²) >= 11 is 5.14. The van der Waals surface area contributed by atoms with E-state index in [0.717, 1.165) is 9.20 Å². The van der Waals surface area contributed by atoms with Crippen LogP contribution in [0, 0.1) is 8.91 Å². The van der Waals surface area contributed by atoms with E-state index in [1.54, 1.807) is 6.07 Å². The van der Waals surface area contributed by atoms with Crippen molar-refractivity contribution < 1.29 is 4.73 Å². The van der Waals surface area contributed by atoms with Gasteiger partial charge in [0, 0.05) is 28.7 Å². The van der Waals surface area contributed by atoms with Crippen LogP contribution in [-0.2, 0) is 0 Å². The summed E-state index contributed by atoms with van der Waals surface area (Å²) < 4.78 is 2.29. The second kappa shape index (κ2) is 2.83. The predicted octanol–water partition coefficient (Wildman–Crippen LogP) is 1.69. The Morgan fingerprint density at radius 1 is 1.56 bits per heavy atom. The van der Waals surface area contributed by atoms with Gasteiger partial charge in [-0.2, -0.15) is 4.73 Å². The molecule has 0 aromatic carbocycles. The smallest absolute Gasteiger partial charge is 0.252 e. The lowest BCUT2D eigenvalue weighted by molar-refractivity contribution is -0.619. The Kier molecular flexibility index (Phi) is 2.29. The molecule has 0 aliphatic heterocycles. The fourth-order valence-corrected chi connectivity index (χ4v) is 1.08. The van der Waals surface area contributed by atoms with Crippen LogP contribution in [0.15, 0.2) is 22.8 Å². The SMILES string of the molecule is [O-][n+]1cc(Br)ccc1I. The molecule has 0 aliphatic carbocycles. The summed E-state index contributed by atoms with van der Waals surface area (Å²) in [6.45, 7) is 0. The van der Waals surface area contributed by atoms with Crippen molar-refractivity contribution in [1.29, 1.82) is 0 Å². The first kappa shape index (κ1) is 7.27. The topological polar surface area (TPSA) is 26.9 Å². The molecule has 0 unspecified atom stereocenters. The molecule has 1 rings (SSSR count). The molecule has 0 spiro atoms. The van der Waals surface area contributed by atoms with Gasteiger partial charge < -0.3 is 5.21 Å². The van der Waals surface area contributed by atoms with Gasteiger partial charge in [0.05, 0.1) is 4.47 Å². The molecule has 2 nitrogen and oxygen atoms in total. The van der Waals surface area contributed by atoms with E-state index in [9.17, 15) is 5.21 Å². The molecular weight excluding hydrogens is 297 g/mol. The monoisotopic (exact) mass is 299 g/mol. The van der Waals surface area contributed by atoms with Crippen molar-refractivity contribution in [2.24, 2.45) is 0 Å². The highest BCUT2D eigenvalue weighted by Crippen LogP contribution is 2.06. The summed E-state index contributed by atoms with van der Waals surface area (Å²) in [5.74, 6) is 0. The van der Waals surface area contributed by atoms with E-state index in [0.29, 0.717) is 3.70 Å². The fourth-order valence-electron chi connectivity index (χ4n) is 0.439. The van der Waals surface area contributed by atoms with E-state index in [1.165, 1.54) is 6.20 Å². The Morgan fingerprint density at radius 2 is 2.22 bits per heavy atom. The van der Waals surface area contributed by atoms with Crippen molar-refractivity contribution in [2.45, 2.75) is 0 Å². The molecular formula is C5H3BrINO. The van der Waals surface area contributed by atoms with Crippen molar-refractivity contribution in [1.82, 2.24) is 0 Å². The van der Waals surface area contributed by atoms with Crippen molar-refractivity contribution in [3.63, 3.8) is 0 Å². The standard InChI is InChI=1S/C5H3BrINO/c6-4-1-2-5(7)8(9)3-4/h1-3H. The van der Waals surface area contributed by atoms with E-state index < -0.39 is 0 Å². The second-order valence-corrected chi connectivity index (χ2v) is 3.52. The minimum atomic E-state index is 0.677. The van der Waals surface area contributed by atoms with Gasteiger partial charge in [0.25, 0.3) is 3.70 Å². The summed E-state index contributed by atoms with van der Waals surface area (Å²) in [7, 11) is 0. The number of halogens is 2. The zero-order valence-electron chi connectivity index (χ0n) is 4.34. The first-order chi connectivity index (χ1) is 4.20. The molecule has 0 amide bonds. The molecule has 0 radical (unpaired) electrons. The first-order valence-corrected chi connectivity index (χ1v) is 4.11. The highest BCUT2D eigenvalue weighted by atomic mass is 127. The Balaban J connectivity index is 3.17. The first-order valence-electron chi connectivity index (χ1n) is 2.24. The molecule has 4 heteroatoms. The Bertz CT molecular complexity index is 228. The zero-order chi connectivity index (χ0) is 6.85. The van der Waals surface area contributed by atoms with Crippen LogP contribution in [0.3, 0.4) is 0 Å². The summed E-state index contributed by atoms with van der Waals surface area (Å²) in [6, 6.07) is 3.58. The molecule has 0 fully saturated rings. The van der Waals surface area contributed by atoms with Crippen LogP contribution in [0.2, 0.25) is 0 Å². The third-order valence-corrected chi connectivity index (χ3v) is 2.14. The predicted molar refractivity (Wildman–Crippen MR) is 45.8 cm³/mol. The molecule has 1 heterocycles. The number of hydrogen-bond acceptors (Lipinski definition) is 1. The van der Waals surface area contributed by atoms with Gasteiger partial charge in [0.15, 0.2) is 6.20 Å². The number of nitrogens with zero attached hydrogens (tertiary/aromatic N) is 1. The average molecular weight is 300 g/mol. The summed E-state index contributed by atoms with van der Waals surface area (Å²) in [5, 5.41) is 10.7. The third kappa shape index (κ3) is 1.79. The molecule has 0 N–H and O–H groups in total. The van der Waals surface area contributed by atoms with E-state index in [4.69, 9.17) is 0 Å². The van der Waals surface area contributed by atoms with E-state index in [2.05, 4.69) is 15.9 Å². The number of rotatable bonds is 0. The lowest BCUT2D eigenvalue weighted by Gasteiger charge is -1.96. The van der Waals surface area contributed by atoms with Crippen LogP contribution >= 0.6 is 38.5 Å². The maximum absolute atomic E-state index is 10.7. The second-order valence-electron chi connectivity index (χ2n) is 1.50. The van der Waals surface area contributed by atoms with Crippen LogP contribution in [0.5, 0.6) is 0 Å². The van der Waals surface area contributed by atoms with E-state index in [1.807, 2.05) is 28.7 Å². The molecule has 1 aromatic heterocycles. The summed E-state index contributed by atoms with van der Waals surface area (Å²) in [4.78, 5) is 0. The van der Waals surface area contributed by atoms with Crippen LogP contribution in [0.1, 0.15) is 0 Å². The van der Waals surface area contributed by atoms with Crippen LogP contribution in [0.25, 0.3) is 0 Å². The zero-order valence-corrected chi connectivity index (χ0v) is 8.09. The maximum atomic E-state index is 10.7. The molecule has 9 heavy (non-hydrogen) atoms. The van der Waals surface area contributed by atoms with Gasteiger partial charge in [-0.15, -0.1) is 0 Å². The summed E-state index contributed by atoms with van der Waals surface area (Å²) in [5.41, 5.74) is 0. The molecule has 0 saturated heterocycles. The molecule has 48 valence electrons. The minimum Gasteiger partial charge on any atom is -0.618 e. The Morgan fingerprint density at radius 3 is 2.67 bits per heavy atom. The van der Waals surface area contributed by atoms with Crippen molar-refractivity contribution >= 4 is 38.5 Å². The Hall–Kier alpha value is 0.160. The van der Waals surface area contributed by atoms with Crippen LogP contribution in [-0.4, -0.2) is 0 Å². The number of pyridine rings is 1.